The molecule has 0 atom stereocenters. The molecule has 0 aromatic heterocycles. The maximum Gasteiger partial charge on any atom is 0.139 e. The van der Waals surface area contributed by atoms with Crippen molar-refractivity contribution in [1.29, 1.82) is 0 Å². The van der Waals surface area contributed by atoms with Crippen molar-refractivity contribution in [2.45, 2.75) is 0 Å². The van der Waals surface area contributed by atoms with Gasteiger partial charge in [0.1, 0.15) is 5.75 Å². The van der Waals surface area contributed by atoms with Gasteiger partial charge in [-0.15, -0.1) is 0 Å². The van der Waals surface area contributed by atoms with Crippen LogP contribution in [-0.2, 0) is 0 Å². The van der Waals surface area contributed by atoms with Gasteiger partial charge >= 0.3 is 0 Å². The third kappa shape index (κ3) is 2.47. The number of rotatable bonds is 3. The number of halogens is 3. The summed E-state index contributed by atoms with van der Waals surface area (Å²) in [7, 11) is 3.48. The molecule has 0 unspecified atom stereocenters. The summed E-state index contributed by atoms with van der Waals surface area (Å²) in [5, 5.41) is 1.17. The van der Waals surface area contributed by atoms with Crippen molar-refractivity contribution in [3.63, 3.8) is 0 Å². The molecule has 0 heterocycles. The molecule has 2 nitrogen and oxygen atoms in total. The molecule has 78 valence electrons. The highest BCUT2D eigenvalue weighted by Gasteiger charge is 2.10. The van der Waals surface area contributed by atoms with E-state index in [4.69, 9.17) is 27.9 Å². The second-order valence-electron chi connectivity index (χ2n) is 2.76. The average molecular weight is 299 g/mol. The predicted octanol–water partition coefficient (Wildman–Crippen LogP) is 3.79. The minimum atomic E-state index is 0.555. The molecule has 14 heavy (non-hydrogen) atoms. The molecular weight excluding hydrogens is 289 g/mol. The van der Waals surface area contributed by atoms with Gasteiger partial charge in [-0.1, -0.05) is 39.1 Å². The molecule has 0 saturated carbocycles. The van der Waals surface area contributed by atoms with Gasteiger partial charge in [-0.05, 0) is 6.07 Å². The van der Waals surface area contributed by atoms with Crippen molar-refractivity contribution in [1.82, 2.24) is 0 Å². The summed E-state index contributed by atoms with van der Waals surface area (Å²) in [5.41, 5.74) is 1.56. The number of nitrogens with zero attached hydrogens (tertiary/aromatic N) is 1. The Kier molecular flexibility index (Phi) is 4.35. The molecule has 0 aliphatic carbocycles. The van der Waals surface area contributed by atoms with E-state index in [0.717, 1.165) is 5.69 Å². The van der Waals surface area contributed by atoms with Crippen LogP contribution in [0.4, 0.5) is 5.69 Å². The molecule has 0 amide bonds. The lowest BCUT2D eigenvalue weighted by Crippen LogP contribution is -2.14. The van der Waals surface area contributed by atoms with Gasteiger partial charge < -0.3 is 9.64 Å². The zero-order chi connectivity index (χ0) is 10.7. The topological polar surface area (TPSA) is 12.5 Å². The predicted molar refractivity (Wildman–Crippen MR) is 65.2 cm³/mol. The van der Waals surface area contributed by atoms with Crippen LogP contribution in [0.1, 0.15) is 0 Å². The largest absolute Gasteiger partial charge is 0.495 e. The molecule has 0 saturated heterocycles. The van der Waals surface area contributed by atoms with Crippen LogP contribution in [0.3, 0.4) is 0 Å². The summed E-state index contributed by atoms with van der Waals surface area (Å²) in [6.07, 6.45) is 0. The fraction of sp³-hybridized carbons (Fsp3) is 0.333. The van der Waals surface area contributed by atoms with Crippen LogP contribution in [0, 0.1) is 0 Å². The summed E-state index contributed by atoms with van der Waals surface area (Å²) in [4.78, 5) is 1.94. The summed E-state index contributed by atoms with van der Waals surface area (Å²) >= 11 is 15.4. The van der Waals surface area contributed by atoms with Crippen molar-refractivity contribution in [2.75, 3.05) is 24.5 Å². The Balaban J connectivity index is 3.14. The molecule has 1 aromatic rings. The zero-order valence-corrected chi connectivity index (χ0v) is 10.9. The summed E-state index contributed by atoms with van der Waals surface area (Å²) < 4.78 is 5.05. The molecule has 0 spiro atoms. The first-order chi connectivity index (χ1) is 6.60. The number of methoxy groups -OCH3 is 1. The van der Waals surface area contributed by atoms with Crippen molar-refractivity contribution >= 4 is 44.8 Å². The number of hydrogen-bond acceptors (Lipinski definition) is 2. The van der Waals surface area contributed by atoms with E-state index >= 15 is 0 Å². The van der Waals surface area contributed by atoms with Crippen molar-refractivity contribution < 1.29 is 4.74 Å². The van der Waals surface area contributed by atoms with Gasteiger partial charge in [0.05, 0.1) is 28.3 Å². The van der Waals surface area contributed by atoms with E-state index in [0.29, 0.717) is 21.2 Å². The van der Waals surface area contributed by atoms with E-state index in [-0.39, 0.29) is 0 Å². The standard InChI is InChI=1S/C9H10BrCl2NO/c1-13(5-10)8-3-7(12)9(14-2)4-6(8)11/h3-4H,5H2,1-2H3. The SMILES string of the molecule is COc1cc(Cl)c(N(C)CBr)cc1Cl. The van der Waals surface area contributed by atoms with Gasteiger partial charge in [-0.2, -0.15) is 0 Å². The lowest BCUT2D eigenvalue weighted by molar-refractivity contribution is 0.415. The average Bonchev–Trinajstić information content (AvgIpc) is 2.19. The van der Waals surface area contributed by atoms with Gasteiger partial charge in [0.2, 0.25) is 0 Å². The Morgan fingerprint density at radius 1 is 1.36 bits per heavy atom. The Bertz CT molecular complexity index is 333. The maximum absolute atomic E-state index is 6.05. The van der Waals surface area contributed by atoms with Crippen LogP contribution >= 0.6 is 39.1 Å². The van der Waals surface area contributed by atoms with E-state index in [1.54, 1.807) is 19.2 Å². The van der Waals surface area contributed by atoms with Crippen LogP contribution in [0.5, 0.6) is 5.75 Å². The van der Waals surface area contributed by atoms with Crippen LogP contribution in [0.25, 0.3) is 0 Å². The number of ether oxygens (including phenoxy) is 1. The van der Waals surface area contributed by atoms with Crippen molar-refractivity contribution in [2.24, 2.45) is 0 Å². The second kappa shape index (κ2) is 5.10. The van der Waals surface area contributed by atoms with E-state index in [1.165, 1.54) is 0 Å². The Hall–Kier alpha value is -0.120. The lowest BCUT2D eigenvalue weighted by atomic mass is 10.3. The van der Waals surface area contributed by atoms with Crippen LogP contribution in [0.2, 0.25) is 10.0 Å². The normalized spacial score (nSPS) is 10.1. The van der Waals surface area contributed by atoms with Gasteiger partial charge in [0.15, 0.2) is 0 Å². The summed E-state index contributed by atoms with van der Waals surface area (Å²) in [6, 6.07) is 3.49. The number of alkyl halides is 1. The van der Waals surface area contributed by atoms with E-state index in [2.05, 4.69) is 15.9 Å². The molecule has 5 heteroatoms. The molecule has 0 fully saturated rings. The molecular formula is C9H10BrCl2NO. The van der Waals surface area contributed by atoms with Gasteiger partial charge in [0.25, 0.3) is 0 Å². The highest BCUT2D eigenvalue weighted by Crippen LogP contribution is 2.35. The zero-order valence-electron chi connectivity index (χ0n) is 7.85. The highest BCUT2D eigenvalue weighted by atomic mass is 79.9. The molecule has 0 aliphatic rings. The maximum atomic E-state index is 6.05. The quantitative estimate of drug-likeness (QED) is 0.622. The molecule has 0 aliphatic heterocycles. The van der Waals surface area contributed by atoms with E-state index in [9.17, 15) is 0 Å². The molecule has 1 aromatic carbocycles. The summed E-state index contributed by atoms with van der Waals surface area (Å²) in [6.45, 7) is 0. The van der Waals surface area contributed by atoms with Crippen LogP contribution < -0.4 is 9.64 Å². The second-order valence-corrected chi connectivity index (χ2v) is 4.07. The number of benzene rings is 1. The third-order valence-electron chi connectivity index (χ3n) is 1.81. The van der Waals surface area contributed by atoms with E-state index < -0.39 is 0 Å². The Morgan fingerprint density at radius 2 is 2.00 bits per heavy atom. The fourth-order valence-corrected chi connectivity index (χ4v) is 1.83. The molecule has 0 radical (unpaired) electrons. The molecule has 0 bridgehead atoms. The Morgan fingerprint density at radius 3 is 2.50 bits per heavy atom. The first-order valence-electron chi connectivity index (χ1n) is 3.90. The monoisotopic (exact) mass is 297 g/mol. The van der Waals surface area contributed by atoms with Gasteiger partial charge in [-0.3, -0.25) is 0 Å². The fourth-order valence-electron chi connectivity index (χ4n) is 1.03. The minimum Gasteiger partial charge on any atom is -0.495 e. The smallest absolute Gasteiger partial charge is 0.139 e. The van der Waals surface area contributed by atoms with Gasteiger partial charge in [0, 0.05) is 13.1 Å². The number of anilines is 1. The molecule has 1 rings (SSSR count). The van der Waals surface area contributed by atoms with Gasteiger partial charge in [-0.25, -0.2) is 0 Å². The first kappa shape index (κ1) is 12.0. The Labute approximate surface area is 102 Å². The minimum absolute atomic E-state index is 0.555. The summed E-state index contributed by atoms with van der Waals surface area (Å²) in [5.74, 6) is 0.586. The number of hydrogen-bond donors (Lipinski definition) is 0. The molecule has 0 N–H and O–H groups in total. The van der Waals surface area contributed by atoms with E-state index in [1.807, 2.05) is 11.9 Å². The van der Waals surface area contributed by atoms with Crippen molar-refractivity contribution in [3.05, 3.63) is 22.2 Å². The third-order valence-corrected chi connectivity index (χ3v) is 3.16. The highest BCUT2D eigenvalue weighted by molar-refractivity contribution is 9.09. The van der Waals surface area contributed by atoms with Crippen molar-refractivity contribution in [3.8, 4) is 5.75 Å². The lowest BCUT2D eigenvalue weighted by Gasteiger charge is -2.18. The van der Waals surface area contributed by atoms with Crippen LogP contribution in [-0.4, -0.2) is 19.6 Å². The first-order valence-corrected chi connectivity index (χ1v) is 5.78. The van der Waals surface area contributed by atoms with Crippen LogP contribution in [0.15, 0.2) is 12.1 Å².